The number of hydrogen-bond acceptors (Lipinski definition) is 5. The van der Waals surface area contributed by atoms with Crippen molar-refractivity contribution in [1.82, 2.24) is 4.98 Å². The van der Waals surface area contributed by atoms with Crippen molar-refractivity contribution in [2.75, 3.05) is 0 Å². The van der Waals surface area contributed by atoms with Crippen LogP contribution in [0.25, 0.3) is 0 Å². The van der Waals surface area contributed by atoms with Gasteiger partial charge in [-0.3, -0.25) is 9.78 Å². The fourth-order valence-corrected chi connectivity index (χ4v) is 1.59. The lowest BCUT2D eigenvalue weighted by molar-refractivity contribution is -0.135. The molecule has 2 aromatic rings. The monoisotopic (exact) mass is 273 g/mol. The third-order valence-corrected chi connectivity index (χ3v) is 2.54. The van der Waals surface area contributed by atoms with E-state index in [2.05, 4.69) is 4.98 Å². The first-order valence-electron chi connectivity index (χ1n) is 5.71. The fraction of sp³-hybridized carbons (Fsp3) is 0.0714. The van der Waals surface area contributed by atoms with Gasteiger partial charge in [-0.1, -0.05) is 0 Å². The average molecular weight is 273 g/mol. The molecule has 20 heavy (non-hydrogen) atoms. The summed E-state index contributed by atoms with van der Waals surface area (Å²) < 4.78 is 5.07. The molecular formula is C14H11NO5. The Hall–Kier alpha value is -2.89. The summed E-state index contributed by atoms with van der Waals surface area (Å²) >= 11 is 0. The molecule has 2 rings (SSSR count). The molecule has 6 heteroatoms. The van der Waals surface area contributed by atoms with Gasteiger partial charge in [0.05, 0.1) is 6.26 Å². The molecule has 0 aliphatic carbocycles. The first-order chi connectivity index (χ1) is 9.56. The standard InChI is InChI=1S/C14H11NO5/c16-11(7-12(17)14(18)19)13-6-10(8-20-13)5-9-1-3-15-4-2-9/h1-4,6-8,17H,5H2,(H,18,19). The zero-order chi connectivity index (χ0) is 14.5. The Morgan fingerprint density at radius 2 is 1.90 bits per heavy atom. The third kappa shape index (κ3) is 3.32. The first kappa shape index (κ1) is 13.5. The molecule has 0 saturated carbocycles. The van der Waals surface area contributed by atoms with E-state index in [1.54, 1.807) is 12.4 Å². The third-order valence-electron chi connectivity index (χ3n) is 2.54. The fourth-order valence-electron chi connectivity index (χ4n) is 1.59. The molecule has 0 bridgehead atoms. The van der Waals surface area contributed by atoms with Gasteiger partial charge in [-0.2, -0.15) is 0 Å². The number of aliphatic hydroxyl groups excluding tert-OH is 1. The maximum atomic E-state index is 11.6. The Kier molecular flexibility index (Phi) is 3.95. The quantitative estimate of drug-likeness (QED) is 0.490. The summed E-state index contributed by atoms with van der Waals surface area (Å²) in [7, 11) is 0. The number of rotatable bonds is 5. The predicted molar refractivity (Wildman–Crippen MR) is 68.4 cm³/mol. The molecule has 0 unspecified atom stereocenters. The summed E-state index contributed by atoms with van der Waals surface area (Å²) in [5.41, 5.74) is 1.77. The van der Waals surface area contributed by atoms with Crippen LogP contribution in [0.3, 0.4) is 0 Å². The van der Waals surface area contributed by atoms with Gasteiger partial charge in [0.25, 0.3) is 0 Å². The molecule has 0 radical (unpaired) electrons. The number of carbonyl (C=O) groups excluding carboxylic acids is 1. The van der Waals surface area contributed by atoms with Crippen LogP contribution in [0.1, 0.15) is 21.7 Å². The number of carboxylic acid groups (broad SMARTS) is 1. The van der Waals surface area contributed by atoms with Gasteiger partial charge in [-0.15, -0.1) is 0 Å². The number of allylic oxidation sites excluding steroid dienone is 1. The molecule has 2 aromatic heterocycles. The van der Waals surface area contributed by atoms with Crippen molar-refractivity contribution >= 4 is 11.8 Å². The van der Waals surface area contributed by atoms with Gasteiger partial charge in [-0.25, -0.2) is 4.79 Å². The molecule has 0 amide bonds. The van der Waals surface area contributed by atoms with Crippen LogP contribution in [0.5, 0.6) is 0 Å². The summed E-state index contributed by atoms with van der Waals surface area (Å²) in [5, 5.41) is 17.5. The van der Waals surface area contributed by atoms with Gasteiger partial charge in [0.1, 0.15) is 0 Å². The number of ketones is 1. The van der Waals surface area contributed by atoms with E-state index in [1.165, 1.54) is 12.3 Å². The second-order valence-corrected chi connectivity index (χ2v) is 4.05. The average Bonchev–Trinajstić information content (AvgIpc) is 2.88. The van der Waals surface area contributed by atoms with Crippen LogP contribution in [-0.2, 0) is 11.2 Å². The summed E-state index contributed by atoms with van der Waals surface area (Å²) in [6.07, 6.45) is 5.91. The van der Waals surface area contributed by atoms with Crippen LogP contribution < -0.4 is 0 Å². The number of nitrogens with zero attached hydrogens (tertiary/aromatic N) is 1. The first-order valence-corrected chi connectivity index (χ1v) is 5.71. The van der Waals surface area contributed by atoms with Crippen molar-refractivity contribution in [3.05, 3.63) is 65.6 Å². The van der Waals surface area contributed by atoms with Crippen molar-refractivity contribution in [2.45, 2.75) is 6.42 Å². The minimum absolute atomic E-state index is 0.0261. The molecule has 0 aliphatic rings. The largest absolute Gasteiger partial charge is 0.502 e. The SMILES string of the molecule is O=C(O)C(O)=CC(=O)c1cc(Cc2ccncc2)co1. The van der Waals surface area contributed by atoms with E-state index in [-0.39, 0.29) is 5.76 Å². The zero-order valence-electron chi connectivity index (χ0n) is 10.3. The van der Waals surface area contributed by atoms with Gasteiger partial charge < -0.3 is 14.6 Å². The molecule has 0 saturated heterocycles. The smallest absolute Gasteiger partial charge is 0.371 e. The second kappa shape index (κ2) is 5.83. The second-order valence-electron chi connectivity index (χ2n) is 4.05. The molecule has 0 fully saturated rings. The van der Waals surface area contributed by atoms with Crippen molar-refractivity contribution in [2.24, 2.45) is 0 Å². The van der Waals surface area contributed by atoms with Crippen LogP contribution in [-0.4, -0.2) is 26.9 Å². The molecular weight excluding hydrogens is 262 g/mol. The number of furan rings is 1. The molecule has 0 spiro atoms. The van der Waals surface area contributed by atoms with E-state index in [9.17, 15) is 9.59 Å². The van der Waals surface area contributed by atoms with Crippen molar-refractivity contribution in [1.29, 1.82) is 0 Å². The number of aliphatic carboxylic acids is 1. The highest BCUT2D eigenvalue weighted by atomic mass is 16.4. The Morgan fingerprint density at radius 3 is 2.55 bits per heavy atom. The lowest BCUT2D eigenvalue weighted by Gasteiger charge is -1.95. The topological polar surface area (TPSA) is 101 Å². The van der Waals surface area contributed by atoms with E-state index in [1.807, 2.05) is 12.1 Å². The highest BCUT2D eigenvalue weighted by Gasteiger charge is 2.13. The molecule has 2 N–H and O–H groups in total. The van der Waals surface area contributed by atoms with Gasteiger partial charge in [0, 0.05) is 24.9 Å². The van der Waals surface area contributed by atoms with Gasteiger partial charge in [0.2, 0.25) is 11.5 Å². The van der Waals surface area contributed by atoms with E-state index in [0.29, 0.717) is 12.5 Å². The predicted octanol–water partition coefficient (Wildman–Crippen LogP) is 1.97. The van der Waals surface area contributed by atoms with Crippen LogP contribution in [0.15, 0.2) is 53.1 Å². The summed E-state index contributed by atoms with van der Waals surface area (Å²) in [4.78, 5) is 25.9. The number of aliphatic hydroxyl groups is 1. The molecule has 2 heterocycles. The Labute approximate surface area is 114 Å². The van der Waals surface area contributed by atoms with E-state index < -0.39 is 17.5 Å². The maximum absolute atomic E-state index is 11.6. The number of pyridine rings is 1. The van der Waals surface area contributed by atoms with Gasteiger partial charge in [0.15, 0.2) is 5.76 Å². The molecule has 0 atom stereocenters. The summed E-state index contributed by atoms with van der Waals surface area (Å²) in [6.45, 7) is 0. The summed E-state index contributed by atoms with van der Waals surface area (Å²) in [5.74, 6) is -3.32. The normalized spacial score (nSPS) is 11.3. The zero-order valence-corrected chi connectivity index (χ0v) is 10.3. The number of aromatic nitrogens is 1. The maximum Gasteiger partial charge on any atom is 0.371 e. The highest BCUT2D eigenvalue weighted by Crippen LogP contribution is 2.14. The van der Waals surface area contributed by atoms with Crippen LogP contribution in [0.2, 0.25) is 0 Å². The van der Waals surface area contributed by atoms with Crippen molar-refractivity contribution in [3.63, 3.8) is 0 Å². The van der Waals surface area contributed by atoms with E-state index >= 15 is 0 Å². The Bertz CT molecular complexity index is 657. The highest BCUT2D eigenvalue weighted by molar-refractivity contribution is 6.06. The summed E-state index contributed by atoms with van der Waals surface area (Å²) in [6, 6.07) is 5.18. The lowest BCUT2D eigenvalue weighted by atomic mass is 10.1. The number of carbonyl (C=O) groups is 2. The number of carboxylic acids is 1. The van der Waals surface area contributed by atoms with Crippen LogP contribution in [0.4, 0.5) is 0 Å². The minimum Gasteiger partial charge on any atom is -0.502 e. The van der Waals surface area contributed by atoms with Crippen molar-refractivity contribution < 1.29 is 24.2 Å². The Balaban J connectivity index is 2.11. The molecule has 102 valence electrons. The molecule has 6 nitrogen and oxygen atoms in total. The van der Waals surface area contributed by atoms with Crippen molar-refractivity contribution in [3.8, 4) is 0 Å². The minimum atomic E-state index is -1.57. The lowest BCUT2D eigenvalue weighted by Crippen LogP contribution is -2.03. The Morgan fingerprint density at radius 1 is 1.20 bits per heavy atom. The number of hydrogen-bond donors (Lipinski definition) is 2. The molecule has 0 aliphatic heterocycles. The van der Waals surface area contributed by atoms with Gasteiger partial charge >= 0.3 is 5.97 Å². The van der Waals surface area contributed by atoms with Crippen LogP contribution in [0, 0.1) is 0 Å². The van der Waals surface area contributed by atoms with E-state index in [0.717, 1.165) is 11.1 Å². The van der Waals surface area contributed by atoms with Gasteiger partial charge in [-0.05, 0) is 29.3 Å². The van der Waals surface area contributed by atoms with Crippen LogP contribution >= 0.6 is 0 Å². The molecule has 0 aromatic carbocycles. The van der Waals surface area contributed by atoms with E-state index in [4.69, 9.17) is 14.6 Å².